The van der Waals surface area contributed by atoms with Gasteiger partial charge in [0.25, 0.3) is 5.97 Å². The van der Waals surface area contributed by atoms with E-state index < -0.39 is 5.97 Å². The third-order valence-corrected chi connectivity index (χ3v) is 1.55. The summed E-state index contributed by atoms with van der Waals surface area (Å²) in [5.41, 5.74) is 0. The van der Waals surface area contributed by atoms with E-state index in [1.165, 1.54) is 6.92 Å². The maximum absolute atomic E-state index is 10.3. The molecule has 0 spiro atoms. The van der Waals surface area contributed by atoms with Crippen LogP contribution in [-0.4, -0.2) is 50.1 Å². The number of rotatable bonds is 9. The van der Waals surface area contributed by atoms with Crippen molar-refractivity contribution in [3.63, 3.8) is 0 Å². The van der Waals surface area contributed by atoms with Gasteiger partial charge in [0.05, 0.1) is 19.8 Å². The monoisotopic (exact) mass is 264 g/mol. The first-order chi connectivity index (χ1) is 8.50. The van der Waals surface area contributed by atoms with E-state index in [0.717, 1.165) is 26.4 Å². The van der Waals surface area contributed by atoms with Crippen molar-refractivity contribution in [1.82, 2.24) is 0 Å². The third kappa shape index (κ3) is 29.4. The molecule has 0 saturated heterocycles. The van der Waals surface area contributed by atoms with Crippen molar-refractivity contribution in [3.8, 4) is 0 Å². The highest BCUT2D eigenvalue weighted by Crippen LogP contribution is 1.87. The van der Waals surface area contributed by atoms with Gasteiger partial charge in [-0.25, -0.2) is 0 Å². The summed E-state index contributed by atoms with van der Waals surface area (Å²) < 4.78 is 15.1. The molecule has 0 aromatic carbocycles. The summed E-state index contributed by atoms with van der Waals surface area (Å²) >= 11 is 0. The number of unbranched alkanes of at least 4 members (excludes halogenated alkanes) is 1. The normalized spacial score (nSPS) is 9.28. The Kier molecular flexibility index (Phi) is 16.9. The van der Waals surface area contributed by atoms with Gasteiger partial charge in [0.2, 0.25) is 0 Å². The minimum atomic E-state index is -0.833. The fourth-order valence-electron chi connectivity index (χ4n) is 0.813. The highest BCUT2D eigenvalue weighted by atomic mass is 16.6. The van der Waals surface area contributed by atoms with Gasteiger partial charge in [0.15, 0.2) is 0 Å². The Labute approximate surface area is 108 Å². The Morgan fingerprint density at radius 1 is 0.944 bits per heavy atom. The van der Waals surface area contributed by atoms with E-state index in [9.17, 15) is 4.79 Å². The predicted molar refractivity (Wildman–Crippen MR) is 66.5 cm³/mol. The first-order valence-corrected chi connectivity index (χ1v) is 5.99. The summed E-state index contributed by atoms with van der Waals surface area (Å²) in [6, 6.07) is 0. The average molecular weight is 264 g/mol. The van der Waals surface area contributed by atoms with Crippen LogP contribution in [0.3, 0.4) is 0 Å². The quantitative estimate of drug-likeness (QED) is 0.501. The zero-order chi connectivity index (χ0) is 14.2. The molecule has 0 aliphatic carbocycles. The summed E-state index contributed by atoms with van der Waals surface area (Å²) in [4.78, 5) is 19.3. The summed E-state index contributed by atoms with van der Waals surface area (Å²) in [6.45, 7) is 7.32. The van der Waals surface area contributed by atoms with Crippen LogP contribution in [0.15, 0.2) is 0 Å². The van der Waals surface area contributed by atoms with E-state index >= 15 is 0 Å². The molecule has 6 heteroatoms. The maximum Gasteiger partial charge on any atom is 0.302 e. The van der Waals surface area contributed by atoms with Gasteiger partial charge in [-0.05, 0) is 6.42 Å². The van der Waals surface area contributed by atoms with E-state index in [1.54, 1.807) is 0 Å². The lowest BCUT2D eigenvalue weighted by atomic mass is 10.4. The smallest absolute Gasteiger partial charge is 0.302 e. The molecule has 0 aliphatic heterocycles. The van der Waals surface area contributed by atoms with Crippen LogP contribution in [0.1, 0.15) is 33.6 Å². The minimum absolute atomic E-state index is 0.271. The minimum Gasteiger partial charge on any atom is -0.481 e. The molecule has 0 amide bonds. The molecule has 0 aliphatic rings. The molecular weight excluding hydrogens is 240 g/mol. The summed E-state index contributed by atoms with van der Waals surface area (Å²) in [6.07, 6.45) is 2.24. The van der Waals surface area contributed by atoms with E-state index in [4.69, 9.17) is 19.4 Å². The number of hydrogen-bond donors (Lipinski definition) is 1. The number of aliphatic carboxylic acids is 1. The molecule has 6 nitrogen and oxygen atoms in total. The van der Waals surface area contributed by atoms with Gasteiger partial charge in [-0.1, -0.05) is 13.3 Å². The highest BCUT2D eigenvalue weighted by Gasteiger charge is 1.93. The van der Waals surface area contributed by atoms with Gasteiger partial charge in [-0.3, -0.25) is 9.59 Å². The van der Waals surface area contributed by atoms with Crippen LogP contribution in [-0.2, 0) is 23.8 Å². The molecule has 0 atom stereocenters. The number of carbonyl (C=O) groups excluding carboxylic acids is 1. The molecule has 0 radical (unpaired) electrons. The molecular formula is C12H24O6. The molecule has 0 heterocycles. The first-order valence-electron chi connectivity index (χ1n) is 5.99. The first kappa shape index (κ1) is 19.2. The molecule has 0 fully saturated rings. The number of carbonyl (C=O) groups is 2. The van der Waals surface area contributed by atoms with Crippen molar-refractivity contribution in [3.05, 3.63) is 0 Å². The van der Waals surface area contributed by atoms with Gasteiger partial charge >= 0.3 is 5.97 Å². The van der Waals surface area contributed by atoms with E-state index in [2.05, 4.69) is 11.7 Å². The summed E-state index contributed by atoms with van der Waals surface area (Å²) in [7, 11) is 0. The predicted octanol–water partition coefficient (Wildman–Crippen LogP) is 1.47. The Morgan fingerprint density at radius 3 is 1.83 bits per heavy atom. The average Bonchev–Trinajstić information content (AvgIpc) is 2.26. The van der Waals surface area contributed by atoms with E-state index in [-0.39, 0.29) is 5.97 Å². The van der Waals surface area contributed by atoms with Crippen molar-refractivity contribution in [1.29, 1.82) is 0 Å². The lowest BCUT2D eigenvalue weighted by Crippen LogP contribution is -2.11. The van der Waals surface area contributed by atoms with Crippen molar-refractivity contribution in [2.45, 2.75) is 33.6 Å². The van der Waals surface area contributed by atoms with Gasteiger partial charge in [0, 0.05) is 20.5 Å². The molecule has 0 rings (SSSR count). The van der Waals surface area contributed by atoms with Crippen molar-refractivity contribution < 1.29 is 28.9 Å². The molecule has 18 heavy (non-hydrogen) atoms. The van der Waals surface area contributed by atoms with Crippen LogP contribution in [0.5, 0.6) is 0 Å². The molecule has 0 aromatic heterocycles. The fourth-order valence-corrected chi connectivity index (χ4v) is 0.813. The zero-order valence-corrected chi connectivity index (χ0v) is 11.4. The van der Waals surface area contributed by atoms with Crippen LogP contribution < -0.4 is 0 Å². The largest absolute Gasteiger partial charge is 0.481 e. The molecule has 0 saturated carbocycles. The van der Waals surface area contributed by atoms with Crippen LogP contribution >= 0.6 is 0 Å². The molecule has 108 valence electrons. The molecule has 0 unspecified atom stereocenters. The Bertz CT molecular complexity index is 201. The standard InChI is InChI=1S/C10H20O4.C2H4O2/c1-3-4-5-12-6-7-13-8-9-14-10(2)11;1-2(3)4/h3-9H2,1-2H3;1H3,(H,3,4). The molecule has 1 N–H and O–H groups in total. The van der Waals surface area contributed by atoms with Crippen LogP contribution in [0, 0.1) is 0 Å². The summed E-state index contributed by atoms with van der Waals surface area (Å²) in [5.74, 6) is -1.10. The number of hydrogen-bond acceptors (Lipinski definition) is 5. The van der Waals surface area contributed by atoms with Gasteiger partial charge in [-0.2, -0.15) is 0 Å². The van der Waals surface area contributed by atoms with E-state index in [1.807, 2.05) is 0 Å². The Morgan fingerprint density at radius 2 is 1.39 bits per heavy atom. The lowest BCUT2D eigenvalue weighted by molar-refractivity contribution is -0.142. The number of carboxylic acids is 1. The van der Waals surface area contributed by atoms with Crippen molar-refractivity contribution >= 4 is 11.9 Å². The second-order valence-electron chi connectivity index (χ2n) is 3.44. The van der Waals surface area contributed by atoms with Crippen molar-refractivity contribution in [2.75, 3.05) is 33.0 Å². The number of esters is 1. The highest BCUT2D eigenvalue weighted by molar-refractivity contribution is 5.65. The molecule has 0 bridgehead atoms. The van der Waals surface area contributed by atoms with Crippen LogP contribution in [0.25, 0.3) is 0 Å². The topological polar surface area (TPSA) is 82.1 Å². The fraction of sp³-hybridized carbons (Fsp3) is 0.833. The Hall–Kier alpha value is -1.14. The Balaban J connectivity index is 0. The maximum atomic E-state index is 10.3. The van der Waals surface area contributed by atoms with E-state index in [0.29, 0.717) is 26.4 Å². The third-order valence-electron chi connectivity index (χ3n) is 1.55. The zero-order valence-electron chi connectivity index (χ0n) is 11.4. The van der Waals surface area contributed by atoms with Gasteiger partial charge in [0.1, 0.15) is 6.61 Å². The van der Waals surface area contributed by atoms with Crippen LogP contribution in [0.2, 0.25) is 0 Å². The number of ether oxygens (including phenoxy) is 3. The second-order valence-corrected chi connectivity index (χ2v) is 3.44. The van der Waals surface area contributed by atoms with Gasteiger partial charge in [-0.15, -0.1) is 0 Å². The van der Waals surface area contributed by atoms with Gasteiger partial charge < -0.3 is 19.3 Å². The summed E-state index contributed by atoms with van der Waals surface area (Å²) in [5, 5.41) is 7.42. The lowest BCUT2D eigenvalue weighted by Gasteiger charge is -2.05. The molecule has 0 aromatic rings. The SMILES string of the molecule is CC(=O)O.CCCCOCCOCCOC(C)=O. The van der Waals surface area contributed by atoms with Crippen LogP contribution in [0.4, 0.5) is 0 Å². The number of carboxylic acid groups (broad SMARTS) is 1. The second kappa shape index (κ2) is 15.9. The van der Waals surface area contributed by atoms with Crippen molar-refractivity contribution in [2.24, 2.45) is 0 Å².